The Bertz CT molecular complexity index is 1370. The minimum Gasteiger partial charge on any atom is -0.379 e. The number of rotatable bonds is 8. The predicted octanol–water partition coefficient (Wildman–Crippen LogP) is 4.17. The van der Waals surface area contributed by atoms with Crippen LogP contribution in [0.2, 0.25) is 0 Å². The number of anilines is 3. The third-order valence-electron chi connectivity index (χ3n) is 6.80. The van der Waals surface area contributed by atoms with Crippen molar-refractivity contribution in [1.29, 1.82) is 0 Å². The largest absolute Gasteiger partial charge is 0.416 e. The highest BCUT2D eigenvalue weighted by atomic mass is 19.4. The molecule has 4 N–H and O–H groups in total. The fraction of sp³-hybridized carbons (Fsp3) is 0.357. The van der Waals surface area contributed by atoms with Crippen molar-refractivity contribution in [3.05, 3.63) is 76.7 Å². The zero-order valence-corrected chi connectivity index (χ0v) is 23.1. The third-order valence-corrected chi connectivity index (χ3v) is 6.80. The van der Waals surface area contributed by atoms with Gasteiger partial charge in [0.15, 0.2) is 5.82 Å². The van der Waals surface area contributed by atoms with Gasteiger partial charge < -0.3 is 20.9 Å². The Morgan fingerprint density at radius 1 is 0.976 bits per heavy atom. The molecule has 13 heteroatoms. The van der Waals surface area contributed by atoms with Crippen LogP contribution in [0.4, 0.5) is 35.2 Å². The van der Waals surface area contributed by atoms with Crippen molar-refractivity contribution < 1.29 is 22.8 Å². The van der Waals surface area contributed by atoms with Gasteiger partial charge in [-0.2, -0.15) is 13.2 Å². The number of carbonyl (C=O) groups excluding carboxylic acids is 2. The van der Waals surface area contributed by atoms with Gasteiger partial charge in [-0.15, -0.1) is 0 Å². The van der Waals surface area contributed by atoms with Crippen LogP contribution >= 0.6 is 0 Å². The molecule has 2 aromatic carbocycles. The molecular weight excluding hydrogens is 537 g/mol. The number of benzene rings is 2. The number of halogens is 3. The Labute approximate surface area is 236 Å². The van der Waals surface area contributed by atoms with Crippen LogP contribution in [-0.4, -0.2) is 72.0 Å². The molecule has 3 amide bonds. The lowest BCUT2D eigenvalue weighted by Crippen LogP contribution is -2.44. The second-order valence-electron chi connectivity index (χ2n) is 9.88. The molecule has 1 aromatic heterocycles. The van der Waals surface area contributed by atoms with Crippen LogP contribution in [0, 0.1) is 6.92 Å². The number of hydrogen-bond acceptors (Lipinski definition) is 7. The summed E-state index contributed by atoms with van der Waals surface area (Å²) in [5.41, 5.74) is 1.91. The number of nitrogens with one attached hydrogen (secondary N) is 4. The fourth-order valence-corrected chi connectivity index (χ4v) is 4.34. The molecular formula is C28H33F3N8O2. The lowest BCUT2D eigenvalue weighted by molar-refractivity contribution is -0.138. The zero-order valence-electron chi connectivity index (χ0n) is 23.1. The summed E-state index contributed by atoms with van der Waals surface area (Å²) < 4.78 is 41.9. The molecule has 41 heavy (non-hydrogen) atoms. The second kappa shape index (κ2) is 13.0. The maximum atomic E-state index is 14.0. The fourth-order valence-electron chi connectivity index (χ4n) is 4.34. The molecule has 0 radical (unpaired) electrons. The molecule has 0 spiro atoms. The lowest BCUT2D eigenvalue weighted by atomic mass is 10.0. The number of carbonyl (C=O) groups is 2. The van der Waals surface area contributed by atoms with Crippen LogP contribution in [0.5, 0.6) is 0 Å². The molecule has 0 unspecified atom stereocenters. The minimum atomic E-state index is -4.58. The topological polar surface area (TPSA) is 115 Å². The summed E-state index contributed by atoms with van der Waals surface area (Å²) in [6, 6.07) is 8.53. The van der Waals surface area contributed by atoms with E-state index in [0.717, 1.165) is 24.7 Å². The number of aryl methyl sites for hydroxylation is 1. The number of piperazine rings is 1. The van der Waals surface area contributed by atoms with E-state index < -0.39 is 23.7 Å². The first kappa shape index (κ1) is 29.7. The monoisotopic (exact) mass is 570 g/mol. The Balaban J connectivity index is 1.42. The van der Waals surface area contributed by atoms with Crippen molar-refractivity contribution in [2.24, 2.45) is 0 Å². The van der Waals surface area contributed by atoms with E-state index in [9.17, 15) is 22.8 Å². The second-order valence-corrected chi connectivity index (χ2v) is 9.88. The van der Waals surface area contributed by atoms with Gasteiger partial charge in [0.25, 0.3) is 5.91 Å². The number of amides is 3. The highest BCUT2D eigenvalue weighted by molar-refractivity contribution is 6.04. The normalized spacial score (nSPS) is 14.4. The molecule has 10 nitrogen and oxygen atoms in total. The van der Waals surface area contributed by atoms with Gasteiger partial charge in [-0.05, 0) is 49.4 Å². The summed E-state index contributed by atoms with van der Waals surface area (Å²) in [5.74, 6) is -0.337. The highest BCUT2D eigenvalue weighted by Crippen LogP contribution is 2.34. The van der Waals surface area contributed by atoms with Gasteiger partial charge in [0.2, 0.25) is 0 Å². The molecule has 1 aliphatic heterocycles. The molecule has 1 saturated heterocycles. The number of hydrogen-bond donors (Lipinski definition) is 4. The molecule has 0 saturated carbocycles. The SMILES string of the molecule is CNC(=O)Nc1cnc(CNc2cc(NC(=O)c3ccc(CN4CCN(C)CC4)c(C(F)(F)F)c3)ccc2C)cn1. The first-order valence-electron chi connectivity index (χ1n) is 13.1. The van der Waals surface area contributed by atoms with E-state index in [1.165, 1.54) is 31.6 Å². The van der Waals surface area contributed by atoms with Gasteiger partial charge >= 0.3 is 12.2 Å². The Hall–Kier alpha value is -4.23. The summed E-state index contributed by atoms with van der Waals surface area (Å²) in [4.78, 5) is 36.9. The molecule has 0 aliphatic carbocycles. The standard InChI is InChI=1S/C28H33F3N8O2/c1-18-4-7-21(13-24(18)34-14-22-15-35-25(16-33-22)37-27(41)32-2)36-26(40)19-5-6-20(23(12-19)28(29,30)31)17-39-10-8-38(3)9-11-39/h4-7,12-13,15-16,34H,8-11,14,17H2,1-3H3,(H,36,40)(H2,32,35,37,41). The summed E-state index contributed by atoms with van der Waals surface area (Å²) >= 11 is 0. The average Bonchev–Trinajstić information content (AvgIpc) is 2.94. The van der Waals surface area contributed by atoms with E-state index >= 15 is 0 Å². The number of alkyl halides is 3. The van der Waals surface area contributed by atoms with E-state index in [0.29, 0.717) is 42.5 Å². The number of nitrogens with zero attached hydrogens (tertiary/aromatic N) is 4. The third kappa shape index (κ3) is 8.14. The van der Waals surface area contributed by atoms with Crippen LogP contribution in [0.25, 0.3) is 0 Å². The molecule has 3 aromatic rings. The first-order chi connectivity index (χ1) is 19.5. The maximum absolute atomic E-state index is 14.0. The molecule has 0 bridgehead atoms. The van der Waals surface area contributed by atoms with Crippen molar-refractivity contribution in [2.45, 2.75) is 26.2 Å². The summed E-state index contributed by atoms with van der Waals surface area (Å²) in [6.45, 7) is 5.34. The van der Waals surface area contributed by atoms with E-state index in [-0.39, 0.29) is 17.7 Å². The molecule has 218 valence electrons. The van der Waals surface area contributed by atoms with Gasteiger partial charge in [-0.25, -0.2) is 9.78 Å². The van der Waals surface area contributed by atoms with Crippen LogP contribution in [0.1, 0.15) is 32.7 Å². The van der Waals surface area contributed by atoms with E-state index in [2.05, 4.69) is 36.1 Å². The van der Waals surface area contributed by atoms with Crippen LogP contribution in [0.3, 0.4) is 0 Å². The van der Waals surface area contributed by atoms with E-state index in [4.69, 9.17) is 0 Å². The van der Waals surface area contributed by atoms with Crippen molar-refractivity contribution in [3.8, 4) is 0 Å². The molecule has 0 atom stereocenters. The van der Waals surface area contributed by atoms with Gasteiger partial charge in [-0.3, -0.25) is 20.0 Å². The van der Waals surface area contributed by atoms with Crippen molar-refractivity contribution in [1.82, 2.24) is 25.1 Å². The number of likely N-dealkylation sites (N-methyl/N-ethyl adjacent to an activating group) is 1. The quantitative estimate of drug-likeness (QED) is 0.322. The smallest absolute Gasteiger partial charge is 0.379 e. The van der Waals surface area contributed by atoms with Gasteiger partial charge in [-0.1, -0.05) is 12.1 Å². The van der Waals surface area contributed by atoms with Crippen molar-refractivity contribution >= 4 is 29.1 Å². The first-order valence-corrected chi connectivity index (χ1v) is 13.1. The van der Waals surface area contributed by atoms with Crippen LogP contribution < -0.4 is 21.3 Å². The van der Waals surface area contributed by atoms with Crippen LogP contribution in [0.15, 0.2) is 48.8 Å². The van der Waals surface area contributed by atoms with Gasteiger partial charge in [0, 0.05) is 56.7 Å². The number of urea groups is 1. The van der Waals surface area contributed by atoms with E-state index in [1.807, 2.05) is 18.9 Å². The average molecular weight is 571 g/mol. The summed E-state index contributed by atoms with van der Waals surface area (Å²) in [6.07, 6.45) is -1.63. The Morgan fingerprint density at radius 2 is 1.73 bits per heavy atom. The summed E-state index contributed by atoms with van der Waals surface area (Å²) in [5, 5.41) is 10.9. The minimum absolute atomic E-state index is 0.0738. The van der Waals surface area contributed by atoms with Crippen molar-refractivity contribution in [3.63, 3.8) is 0 Å². The Morgan fingerprint density at radius 3 is 2.39 bits per heavy atom. The maximum Gasteiger partial charge on any atom is 0.416 e. The molecule has 1 fully saturated rings. The summed E-state index contributed by atoms with van der Waals surface area (Å²) in [7, 11) is 3.48. The predicted molar refractivity (Wildman–Crippen MR) is 151 cm³/mol. The molecule has 1 aliphatic rings. The molecule has 2 heterocycles. The van der Waals surface area contributed by atoms with Crippen molar-refractivity contribution in [2.75, 3.05) is 56.2 Å². The zero-order chi connectivity index (χ0) is 29.6. The number of aromatic nitrogens is 2. The highest BCUT2D eigenvalue weighted by Gasteiger charge is 2.34. The Kier molecular flexibility index (Phi) is 9.40. The molecule has 4 rings (SSSR count). The van der Waals surface area contributed by atoms with Gasteiger partial charge in [0.1, 0.15) is 0 Å². The lowest BCUT2D eigenvalue weighted by Gasteiger charge is -2.33. The van der Waals surface area contributed by atoms with Crippen LogP contribution in [-0.2, 0) is 19.3 Å². The van der Waals surface area contributed by atoms with Gasteiger partial charge in [0.05, 0.1) is 30.2 Å². The van der Waals surface area contributed by atoms with E-state index in [1.54, 1.807) is 18.2 Å².